The van der Waals surface area contributed by atoms with Gasteiger partial charge in [0.15, 0.2) is 35.1 Å². The van der Waals surface area contributed by atoms with Crippen LogP contribution in [0.1, 0.15) is 13.2 Å². The van der Waals surface area contributed by atoms with Crippen LogP contribution in [0.5, 0.6) is 0 Å². The number of hydrogen-bond donors (Lipinski definition) is 4. The number of nitrogens with one attached hydrogen (secondary N) is 2. The quantitative estimate of drug-likeness (QED) is 0.463. The first-order valence-electron chi connectivity index (χ1n) is 8.91. The molecule has 1 fully saturated rings. The number of likely N-dealkylation sites (N-methyl/N-ethyl adjacent to an activating group) is 1. The number of fused-ring (bicyclic) bond motifs is 1. The van der Waals surface area contributed by atoms with Gasteiger partial charge in [-0.15, -0.1) is 11.3 Å². The van der Waals surface area contributed by atoms with E-state index in [0.717, 1.165) is 0 Å². The Bertz CT molecular complexity index is 1060. The number of carbonyl (C=O) groups excluding carboxylic acids is 1. The van der Waals surface area contributed by atoms with E-state index in [1.54, 1.807) is 14.0 Å². The maximum atomic E-state index is 12.1. The van der Waals surface area contributed by atoms with Crippen molar-refractivity contribution >= 4 is 45.8 Å². The van der Waals surface area contributed by atoms with Gasteiger partial charge in [0.1, 0.15) is 16.5 Å². The van der Waals surface area contributed by atoms with Crippen molar-refractivity contribution in [2.45, 2.75) is 31.5 Å². The number of rotatable bonds is 5. The molecule has 4 rings (SSSR count). The Morgan fingerprint density at radius 1 is 1.38 bits per heavy atom. The Kier molecular flexibility index (Phi) is 5.40. The van der Waals surface area contributed by atoms with E-state index >= 15 is 0 Å². The highest BCUT2D eigenvalue weighted by molar-refractivity contribution is 7.15. The van der Waals surface area contributed by atoms with Crippen LogP contribution in [0.4, 0.5) is 5.82 Å². The fourth-order valence-electron chi connectivity index (χ4n) is 3.23. The largest absolute Gasteiger partial charge is 0.387 e. The minimum Gasteiger partial charge on any atom is -0.387 e. The van der Waals surface area contributed by atoms with E-state index in [0.29, 0.717) is 39.3 Å². The van der Waals surface area contributed by atoms with E-state index in [1.807, 2.05) is 11.4 Å². The summed E-state index contributed by atoms with van der Waals surface area (Å²) in [6, 6.07) is 1.81. The molecule has 0 saturated carbocycles. The fraction of sp³-hybridized carbons (Fsp3) is 0.412. The molecule has 0 aliphatic carbocycles. The molecule has 0 unspecified atom stereocenters. The molecule has 0 radical (unpaired) electrons. The summed E-state index contributed by atoms with van der Waals surface area (Å²) in [4.78, 5) is 25.5. The highest BCUT2D eigenvalue weighted by Crippen LogP contribution is 2.35. The van der Waals surface area contributed by atoms with Gasteiger partial charge in [0.2, 0.25) is 0 Å². The number of nitrogens with zero attached hydrogens (tertiary/aromatic N) is 4. The molecule has 3 aromatic rings. The van der Waals surface area contributed by atoms with Crippen molar-refractivity contribution in [2.75, 3.05) is 18.9 Å². The number of hydrogen-bond acceptors (Lipinski definition) is 9. The predicted octanol–water partition coefficient (Wildman–Crippen LogP) is 1.01. The fourth-order valence-corrected chi connectivity index (χ4v) is 4.14. The summed E-state index contributed by atoms with van der Waals surface area (Å²) in [7, 11) is 1.70. The molecule has 29 heavy (non-hydrogen) atoms. The smallest absolute Gasteiger partial charge is 0.252 e. The third-order valence-electron chi connectivity index (χ3n) is 4.64. The van der Waals surface area contributed by atoms with Crippen molar-refractivity contribution in [1.82, 2.24) is 24.8 Å². The number of aromatic nitrogens is 4. The third kappa shape index (κ3) is 3.34. The lowest BCUT2D eigenvalue weighted by molar-refractivity contribution is -0.137. The molecule has 3 aromatic heterocycles. The number of ether oxygens (including phenoxy) is 1. The zero-order chi connectivity index (χ0) is 20.7. The number of aliphatic hydroxyl groups excluding tert-OH is 2. The summed E-state index contributed by atoms with van der Waals surface area (Å²) in [6.07, 6.45) is -3.56. The van der Waals surface area contributed by atoms with Gasteiger partial charge in [-0.25, -0.2) is 15.0 Å². The van der Waals surface area contributed by atoms with Crippen molar-refractivity contribution < 1.29 is 19.7 Å². The van der Waals surface area contributed by atoms with E-state index in [9.17, 15) is 15.0 Å². The van der Waals surface area contributed by atoms with Crippen molar-refractivity contribution in [3.63, 3.8) is 0 Å². The molecule has 4 heterocycles. The molecule has 4 N–H and O–H groups in total. The Morgan fingerprint density at radius 3 is 2.83 bits per heavy atom. The number of amides is 1. The summed E-state index contributed by atoms with van der Waals surface area (Å²) in [5, 5.41) is 28.2. The van der Waals surface area contributed by atoms with Gasteiger partial charge in [-0.2, -0.15) is 0 Å². The van der Waals surface area contributed by atoms with Gasteiger partial charge in [-0.05, 0) is 18.4 Å². The molecule has 1 amide bonds. The second-order valence-electron chi connectivity index (χ2n) is 6.40. The normalized spacial score (nSPS) is 24.2. The molecule has 154 valence electrons. The molecule has 12 heteroatoms. The number of carbonyl (C=O) groups is 1. The van der Waals surface area contributed by atoms with E-state index in [1.165, 1.54) is 22.2 Å². The first-order valence-corrected chi connectivity index (χ1v) is 10.2. The molecular weight excluding hydrogens is 420 g/mol. The lowest BCUT2D eigenvalue weighted by Crippen LogP contribution is -2.42. The van der Waals surface area contributed by atoms with Crippen LogP contribution >= 0.6 is 22.9 Å². The molecular formula is C17H19ClN6O4S. The monoisotopic (exact) mass is 438 g/mol. The van der Waals surface area contributed by atoms with Crippen LogP contribution in [0.15, 0.2) is 17.8 Å². The number of aliphatic hydroxyl groups is 2. The minimum atomic E-state index is -1.39. The lowest BCUT2D eigenvalue weighted by atomic mass is 10.1. The summed E-state index contributed by atoms with van der Waals surface area (Å²) in [5.41, 5.74) is 1.49. The Hall–Kier alpha value is -2.31. The van der Waals surface area contributed by atoms with Crippen molar-refractivity contribution in [1.29, 1.82) is 0 Å². The maximum Gasteiger partial charge on any atom is 0.252 e. The first kappa shape index (κ1) is 20.0. The molecule has 10 nitrogen and oxygen atoms in total. The van der Waals surface area contributed by atoms with Crippen LogP contribution in [0.25, 0.3) is 22.6 Å². The van der Waals surface area contributed by atoms with Gasteiger partial charge >= 0.3 is 0 Å². The van der Waals surface area contributed by atoms with Crippen molar-refractivity contribution in [3.05, 3.63) is 22.1 Å². The average Bonchev–Trinajstić information content (AvgIpc) is 3.40. The summed E-state index contributed by atoms with van der Waals surface area (Å²) in [6.45, 7) is 2.13. The van der Waals surface area contributed by atoms with Crippen LogP contribution < -0.4 is 10.6 Å². The maximum absolute atomic E-state index is 12.1. The summed E-state index contributed by atoms with van der Waals surface area (Å²) >= 11 is 7.60. The molecule has 1 saturated heterocycles. The molecule has 4 atom stereocenters. The van der Waals surface area contributed by atoms with Gasteiger partial charge in [-0.1, -0.05) is 11.6 Å². The summed E-state index contributed by atoms with van der Waals surface area (Å²) in [5.74, 6) is 0.352. The van der Waals surface area contributed by atoms with Gasteiger partial charge in [0, 0.05) is 19.2 Å². The number of anilines is 1. The molecule has 0 aromatic carbocycles. The SMILES string of the molecule is CCNC(=O)[C@H]1O[C@@H](n2cnc3c(NC)nc(-c4ccsc4Cl)nc32)[C@H](O)[C@@H]1O. The highest BCUT2D eigenvalue weighted by atomic mass is 35.5. The molecule has 0 bridgehead atoms. The predicted molar refractivity (Wildman–Crippen MR) is 108 cm³/mol. The van der Waals surface area contributed by atoms with Gasteiger partial charge < -0.3 is 25.6 Å². The van der Waals surface area contributed by atoms with E-state index in [2.05, 4.69) is 25.6 Å². The Balaban J connectivity index is 1.78. The lowest BCUT2D eigenvalue weighted by Gasteiger charge is -2.17. The van der Waals surface area contributed by atoms with Crippen LogP contribution in [0.3, 0.4) is 0 Å². The van der Waals surface area contributed by atoms with Gasteiger partial charge in [0.05, 0.1) is 6.33 Å². The first-order chi connectivity index (χ1) is 14.0. The van der Waals surface area contributed by atoms with Gasteiger partial charge in [-0.3, -0.25) is 9.36 Å². The average molecular weight is 439 g/mol. The minimum absolute atomic E-state index is 0.370. The van der Waals surface area contributed by atoms with Crippen LogP contribution in [0.2, 0.25) is 4.34 Å². The van der Waals surface area contributed by atoms with Crippen molar-refractivity contribution in [3.8, 4) is 11.4 Å². The third-order valence-corrected chi connectivity index (χ3v) is 5.81. The summed E-state index contributed by atoms with van der Waals surface area (Å²) < 4.78 is 7.71. The standard InChI is InChI=1S/C17H19ClN6O4S/c1-3-20-16(27)11-9(25)10(26)17(28-11)24-6-21-8-14(19-2)22-13(23-15(8)24)7-4-5-29-12(7)18/h4-6,9-11,17,25-26H,3H2,1-2H3,(H,20,27)(H,19,22,23)/t9-,10+,11-,17+/m0/s1. The number of halogens is 1. The highest BCUT2D eigenvalue weighted by Gasteiger charge is 2.47. The van der Waals surface area contributed by atoms with E-state index < -0.39 is 30.4 Å². The molecule has 1 aliphatic rings. The van der Waals surface area contributed by atoms with E-state index in [-0.39, 0.29) is 0 Å². The van der Waals surface area contributed by atoms with Crippen LogP contribution in [0, 0.1) is 0 Å². The topological polar surface area (TPSA) is 134 Å². The van der Waals surface area contributed by atoms with E-state index in [4.69, 9.17) is 16.3 Å². The zero-order valence-corrected chi connectivity index (χ0v) is 17.1. The Labute approximate surface area is 174 Å². The number of thiophene rings is 1. The number of imidazole rings is 1. The van der Waals surface area contributed by atoms with Gasteiger partial charge in [0.25, 0.3) is 5.91 Å². The van der Waals surface area contributed by atoms with Crippen molar-refractivity contribution in [2.24, 2.45) is 0 Å². The Morgan fingerprint density at radius 2 is 2.17 bits per heavy atom. The van der Waals surface area contributed by atoms with Crippen LogP contribution in [-0.4, -0.2) is 67.5 Å². The second kappa shape index (κ2) is 7.84. The molecule has 1 aliphatic heterocycles. The second-order valence-corrected chi connectivity index (χ2v) is 7.92. The molecule has 0 spiro atoms. The van der Waals surface area contributed by atoms with Crippen LogP contribution in [-0.2, 0) is 9.53 Å². The zero-order valence-electron chi connectivity index (χ0n) is 15.5.